The van der Waals surface area contributed by atoms with E-state index >= 15 is 0 Å². The molecule has 0 radical (unpaired) electrons. The zero-order valence-corrected chi connectivity index (χ0v) is 13.5. The van der Waals surface area contributed by atoms with Gasteiger partial charge in [0.25, 0.3) is 0 Å². The molecule has 2 aromatic rings. The predicted octanol–water partition coefficient (Wildman–Crippen LogP) is 1.82. The summed E-state index contributed by atoms with van der Waals surface area (Å²) in [5.41, 5.74) is 1.50. The molecular formula is C15H17ClN2O3S. The SMILES string of the molecule is O=C(Cc1csc(-c2ccccc2Cl)n1)N(CCO)CCO. The van der Waals surface area contributed by atoms with Gasteiger partial charge in [-0.1, -0.05) is 29.8 Å². The van der Waals surface area contributed by atoms with Crippen molar-refractivity contribution >= 4 is 28.8 Å². The van der Waals surface area contributed by atoms with Crippen molar-refractivity contribution in [3.8, 4) is 10.6 Å². The summed E-state index contributed by atoms with van der Waals surface area (Å²) in [7, 11) is 0. The van der Waals surface area contributed by atoms with Gasteiger partial charge in [-0.15, -0.1) is 11.3 Å². The molecule has 0 saturated heterocycles. The summed E-state index contributed by atoms with van der Waals surface area (Å²) in [6, 6.07) is 7.42. The van der Waals surface area contributed by atoms with Crippen molar-refractivity contribution < 1.29 is 15.0 Å². The molecule has 0 aliphatic carbocycles. The number of thiazole rings is 1. The molecule has 5 nitrogen and oxygen atoms in total. The van der Waals surface area contributed by atoms with E-state index in [9.17, 15) is 4.79 Å². The Labute approximate surface area is 137 Å². The fourth-order valence-corrected chi connectivity index (χ4v) is 3.16. The third-order valence-corrected chi connectivity index (χ3v) is 4.33. The molecule has 7 heteroatoms. The minimum atomic E-state index is -0.167. The minimum Gasteiger partial charge on any atom is -0.395 e. The van der Waals surface area contributed by atoms with Crippen LogP contribution in [0.4, 0.5) is 0 Å². The first-order valence-corrected chi connectivity index (χ1v) is 8.10. The van der Waals surface area contributed by atoms with Crippen LogP contribution < -0.4 is 0 Å². The summed E-state index contributed by atoms with van der Waals surface area (Å²) < 4.78 is 0. The number of carbonyl (C=O) groups is 1. The number of hydrogen-bond acceptors (Lipinski definition) is 5. The number of aliphatic hydroxyl groups is 2. The lowest BCUT2D eigenvalue weighted by molar-refractivity contribution is -0.131. The maximum absolute atomic E-state index is 12.1. The predicted molar refractivity (Wildman–Crippen MR) is 87.0 cm³/mol. The second kappa shape index (κ2) is 8.24. The average Bonchev–Trinajstić information content (AvgIpc) is 2.95. The van der Waals surface area contributed by atoms with Gasteiger partial charge in [0.15, 0.2) is 0 Å². The highest BCUT2D eigenvalue weighted by Crippen LogP contribution is 2.30. The molecule has 0 bridgehead atoms. The summed E-state index contributed by atoms with van der Waals surface area (Å²) in [4.78, 5) is 18.0. The van der Waals surface area contributed by atoms with Crippen LogP contribution in [0.25, 0.3) is 10.6 Å². The van der Waals surface area contributed by atoms with E-state index in [2.05, 4.69) is 4.98 Å². The summed E-state index contributed by atoms with van der Waals surface area (Å²) in [5, 5.41) is 21.1. The van der Waals surface area contributed by atoms with Crippen LogP contribution in [0.3, 0.4) is 0 Å². The van der Waals surface area contributed by atoms with Gasteiger partial charge in [-0.2, -0.15) is 0 Å². The number of carbonyl (C=O) groups excluding carboxylic acids is 1. The third kappa shape index (κ3) is 4.27. The van der Waals surface area contributed by atoms with E-state index in [1.54, 1.807) is 6.07 Å². The Bertz CT molecular complexity index is 627. The molecule has 1 aromatic heterocycles. The highest BCUT2D eigenvalue weighted by atomic mass is 35.5. The summed E-state index contributed by atoms with van der Waals surface area (Å²) in [5.74, 6) is -0.167. The lowest BCUT2D eigenvalue weighted by atomic mass is 10.2. The van der Waals surface area contributed by atoms with Crippen LogP contribution in [-0.4, -0.2) is 52.3 Å². The molecule has 0 unspecified atom stereocenters. The van der Waals surface area contributed by atoms with Gasteiger partial charge in [-0.3, -0.25) is 4.79 Å². The summed E-state index contributed by atoms with van der Waals surface area (Å²) in [6.45, 7) is 0.156. The van der Waals surface area contributed by atoms with E-state index in [1.807, 2.05) is 23.6 Å². The van der Waals surface area contributed by atoms with Crippen molar-refractivity contribution in [3.63, 3.8) is 0 Å². The molecule has 0 aliphatic rings. The zero-order valence-electron chi connectivity index (χ0n) is 11.9. The average molecular weight is 341 g/mol. The van der Waals surface area contributed by atoms with Crippen LogP contribution in [0.2, 0.25) is 5.02 Å². The van der Waals surface area contributed by atoms with Crippen LogP contribution in [-0.2, 0) is 11.2 Å². The standard InChI is InChI=1S/C15H17ClN2O3S/c16-13-4-2-1-3-12(13)15-17-11(10-22-15)9-14(21)18(5-7-19)6-8-20/h1-4,10,19-20H,5-9H2. The van der Waals surface area contributed by atoms with Crippen molar-refractivity contribution in [3.05, 3.63) is 40.4 Å². The maximum Gasteiger partial charge on any atom is 0.228 e. The van der Waals surface area contributed by atoms with Gasteiger partial charge in [0.1, 0.15) is 5.01 Å². The lowest BCUT2D eigenvalue weighted by Crippen LogP contribution is -2.36. The summed E-state index contributed by atoms with van der Waals surface area (Å²) >= 11 is 7.57. The monoisotopic (exact) mass is 340 g/mol. The maximum atomic E-state index is 12.1. The van der Waals surface area contributed by atoms with Crippen LogP contribution in [0, 0.1) is 0 Å². The molecule has 22 heavy (non-hydrogen) atoms. The van der Waals surface area contributed by atoms with Crippen molar-refractivity contribution in [1.29, 1.82) is 0 Å². The molecule has 0 aliphatic heterocycles. The lowest BCUT2D eigenvalue weighted by Gasteiger charge is -2.20. The van der Waals surface area contributed by atoms with Gasteiger partial charge in [-0.25, -0.2) is 4.98 Å². The van der Waals surface area contributed by atoms with E-state index in [0.29, 0.717) is 10.7 Å². The Hall–Kier alpha value is -1.47. The molecule has 0 fully saturated rings. The topological polar surface area (TPSA) is 73.7 Å². The molecule has 0 saturated carbocycles. The first kappa shape index (κ1) is 16.9. The normalized spacial score (nSPS) is 10.7. The van der Waals surface area contributed by atoms with Gasteiger partial charge in [0.2, 0.25) is 5.91 Å². The number of hydrogen-bond donors (Lipinski definition) is 2. The first-order valence-electron chi connectivity index (χ1n) is 6.84. The fraction of sp³-hybridized carbons (Fsp3) is 0.333. The molecule has 0 atom stereocenters. The van der Waals surface area contributed by atoms with Crippen molar-refractivity contribution in [2.24, 2.45) is 0 Å². The second-order valence-corrected chi connectivity index (χ2v) is 5.89. The molecule has 1 heterocycles. The fourth-order valence-electron chi connectivity index (χ4n) is 2.02. The van der Waals surface area contributed by atoms with E-state index in [4.69, 9.17) is 21.8 Å². The Morgan fingerprint density at radius 2 is 1.91 bits per heavy atom. The number of rotatable bonds is 7. The van der Waals surface area contributed by atoms with Crippen LogP contribution in [0.15, 0.2) is 29.6 Å². The Balaban J connectivity index is 2.08. The van der Waals surface area contributed by atoms with Gasteiger partial charge in [0, 0.05) is 24.0 Å². The number of amides is 1. The second-order valence-electron chi connectivity index (χ2n) is 4.63. The highest BCUT2D eigenvalue weighted by molar-refractivity contribution is 7.13. The van der Waals surface area contributed by atoms with Crippen LogP contribution in [0.1, 0.15) is 5.69 Å². The van der Waals surface area contributed by atoms with Crippen molar-refractivity contribution in [2.45, 2.75) is 6.42 Å². The van der Waals surface area contributed by atoms with Crippen molar-refractivity contribution in [1.82, 2.24) is 9.88 Å². The Morgan fingerprint density at radius 3 is 2.55 bits per heavy atom. The largest absolute Gasteiger partial charge is 0.395 e. The van der Waals surface area contributed by atoms with Gasteiger partial charge >= 0.3 is 0 Å². The van der Waals surface area contributed by atoms with E-state index < -0.39 is 0 Å². The van der Waals surface area contributed by atoms with Crippen LogP contribution in [0.5, 0.6) is 0 Å². The number of nitrogens with zero attached hydrogens (tertiary/aromatic N) is 2. The van der Waals surface area contributed by atoms with E-state index in [-0.39, 0.29) is 38.6 Å². The minimum absolute atomic E-state index is 0.131. The number of aromatic nitrogens is 1. The number of halogens is 1. The third-order valence-electron chi connectivity index (χ3n) is 3.08. The molecule has 118 valence electrons. The molecule has 2 rings (SSSR count). The summed E-state index contributed by atoms with van der Waals surface area (Å²) in [6.07, 6.45) is 0.140. The Morgan fingerprint density at radius 1 is 1.23 bits per heavy atom. The number of aliphatic hydroxyl groups excluding tert-OH is 2. The van der Waals surface area contributed by atoms with E-state index in [1.165, 1.54) is 16.2 Å². The molecule has 1 aromatic carbocycles. The van der Waals surface area contributed by atoms with E-state index in [0.717, 1.165) is 10.6 Å². The molecular weight excluding hydrogens is 324 g/mol. The highest BCUT2D eigenvalue weighted by Gasteiger charge is 2.16. The molecule has 0 spiro atoms. The van der Waals surface area contributed by atoms with Gasteiger partial charge in [0.05, 0.1) is 30.4 Å². The quantitative estimate of drug-likeness (QED) is 0.806. The molecule has 2 N–H and O–H groups in total. The van der Waals surface area contributed by atoms with Crippen LogP contribution >= 0.6 is 22.9 Å². The van der Waals surface area contributed by atoms with Gasteiger partial charge < -0.3 is 15.1 Å². The Kier molecular flexibility index (Phi) is 6.33. The number of benzene rings is 1. The zero-order chi connectivity index (χ0) is 15.9. The smallest absolute Gasteiger partial charge is 0.228 e. The molecule has 1 amide bonds. The van der Waals surface area contributed by atoms with Gasteiger partial charge in [-0.05, 0) is 6.07 Å². The van der Waals surface area contributed by atoms with Crippen molar-refractivity contribution in [2.75, 3.05) is 26.3 Å². The first-order chi connectivity index (χ1) is 10.7.